The van der Waals surface area contributed by atoms with E-state index in [9.17, 15) is 4.79 Å². The third kappa shape index (κ3) is 3.64. The van der Waals surface area contributed by atoms with Crippen LogP contribution in [0.2, 0.25) is 0 Å². The van der Waals surface area contributed by atoms with Crippen LogP contribution >= 0.6 is 11.8 Å². The van der Waals surface area contributed by atoms with Crippen LogP contribution < -0.4 is 5.32 Å². The van der Waals surface area contributed by atoms with Gasteiger partial charge in [-0.05, 0) is 38.3 Å². The van der Waals surface area contributed by atoms with Crippen molar-refractivity contribution >= 4 is 17.7 Å². The van der Waals surface area contributed by atoms with E-state index in [0.717, 1.165) is 36.1 Å². The standard InChI is InChI=1S/C19H25N5OS/c1-13-21-19(23-22-13)26-11-9-20-18(25)15-12-17(14-6-3-2-4-7-14)24-10-5-8-16(15)24/h2-4,6-7,15-17H,5,8-12H2,1H3,(H,20,25)(H,21,22,23)/t15?,16-,17?/m0/s1. The van der Waals surface area contributed by atoms with Crippen LogP contribution in [0.15, 0.2) is 35.5 Å². The van der Waals surface area contributed by atoms with Crippen molar-refractivity contribution in [1.29, 1.82) is 0 Å². The zero-order chi connectivity index (χ0) is 17.9. The monoisotopic (exact) mass is 371 g/mol. The van der Waals surface area contributed by atoms with Crippen molar-refractivity contribution < 1.29 is 4.79 Å². The SMILES string of the molecule is Cc1nc(SCCNC(=O)C2CC(c3ccccc3)N3CCC[C@@H]23)n[nH]1. The number of H-pyrrole nitrogens is 1. The molecule has 1 amide bonds. The van der Waals surface area contributed by atoms with Crippen LogP contribution in [0.4, 0.5) is 0 Å². The first-order valence-electron chi connectivity index (χ1n) is 9.32. The molecule has 3 heterocycles. The highest BCUT2D eigenvalue weighted by Crippen LogP contribution is 2.44. The zero-order valence-corrected chi connectivity index (χ0v) is 15.8. The van der Waals surface area contributed by atoms with Crippen LogP contribution in [-0.4, -0.2) is 50.9 Å². The number of nitrogens with zero attached hydrogens (tertiary/aromatic N) is 3. The maximum Gasteiger partial charge on any atom is 0.224 e. The van der Waals surface area contributed by atoms with Gasteiger partial charge in [-0.25, -0.2) is 4.98 Å². The van der Waals surface area contributed by atoms with Gasteiger partial charge in [-0.15, -0.1) is 5.10 Å². The predicted molar refractivity (Wildman–Crippen MR) is 102 cm³/mol. The summed E-state index contributed by atoms with van der Waals surface area (Å²) in [6.45, 7) is 3.64. The third-order valence-electron chi connectivity index (χ3n) is 5.41. The van der Waals surface area contributed by atoms with Gasteiger partial charge in [-0.1, -0.05) is 42.1 Å². The molecule has 2 aliphatic rings. The fourth-order valence-electron chi connectivity index (χ4n) is 4.29. The highest BCUT2D eigenvalue weighted by molar-refractivity contribution is 7.99. The first-order chi connectivity index (χ1) is 12.7. The Hall–Kier alpha value is -1.86. The molecule has 0 radical (unpaired) electrons. The second-order valence-corrected chi connectivity index (χ2v) is 8.12. The lowest BCUT2D eigenvalue weighted by atomic mass is 9.93. The zero-order valence-electron chi connectivity index (χ0n) is 15.0. The number of aryl methyl sites for hydroxylation is 1. The van der Waals surface area contributed by atoms with Gasteiger partial charge in [0, 0.05) is 24.4 Å². The molecule has 4 rings (SSSR count). The van der Waals surface area contributed by atoms with Gasteiger partial charge >= 0.3 is 0 Å². The van der Waals surface area contributed by atoms with Crippen molar-refractivity contribution in [2.24, 2.45) is 5.92 Å². The van der Waals surface area contributed by atoms with Crippen LogP contribution in [0, 0.1) is 12.8 Å². The molecule has 0 saturated carbocycles. The average molecular weight is 372 g/mol. The molecule has 138 valence electrons. The third-order valence-corrected chi connectivity index (χ3v) is 6.26. The molecule has 2 aliphatic heterocycles. The van der Waals surface area contributed by atoms with E-state index in [4.69, 9.17) is 0 Å². The molecule has 6 nitrogen and oxygen atoms in total. The minimum atomic E-state index is 0.0958. The van der Waals surface area contributed by atoms with Crippen molar-refractivity contribution in [2.45, 2.75) is 43.4 Å². The number of thioether (sulfide) groups is 1. The highest BCUT2D eigenvalue weighted by Gasteiger charge is 2.46. The molecule has 1 aromatic carbocycles. The molecule has 26 heavy (non-hydrogen) atoms. The van der Waals surface area contributed by atoms with Crippen LogP contribution in [0.3, 0.4) is 0 Å². The van der Waals surface area contributed by atoms with Crippen LogP contribution in [0.1, 0.15) is 36.7 Å². The van der Waals surface area contributed by atoms with E-state index in [1.807, 2.05) is 6.92 Å². The first kappa shape index (κ1) is 17.5. The second-order valence-electron chi connectivity index (χ2n) is 7.06. The smallest absolute Gasteiger partial charge is 0.224 e. The number of carbonyl (C=O) groups excluding carboxylic acids is 1. The minimum absolute atomic E-state index is 0.0958. The molecular weight excluding hydrogens is 346 g/mol. The lowest BCUT2D eigenvalue weighted by molar-refractivity contribution is -0.125. The van der Waals surface area contributed by atoms with E-state index >= 15 is 0 Å². The Labute approximate surface area is 158 Å². The largest absolute Gasteiger partial charge is 0.355 e. The number of hydrogen-bond acceptors (Lipinski definition) is 5. The number of fused-ring (bicyclic) bond motifs is 1. The summed E-state index contributed by atoms with van der Waals surface area (Å²) in [6.07, 6.45) is 3.25. The van der Waals surface area contributed by atoms with E-state index < -0.39 is 0 Å². The van der Waals surface area contributed by atoms with Crippen LogP contribution in [-0.2, 0) is 4.79 Å². The van der Waals surface area contributed by atoms with Gasteiger partial charge in [0.25, 0.3) is 0 Å². The topological polar surface area (TPSA) is 73.9 Å². The Morgan fingerprint density at radius 3 is 3.00 bits per heavy atom. The average Bonchev–Trinajstić information content (AvgIpc) is 3.36. The van der Waals surface area contributed by atoms with Crippen molar-refractivity contribution in [3.63, 3.8) is 0 Å². The lowest BCUT2D eigenvalue weighted by Crippen LogP contribution is -2.38. The maximum absolute atomic E-state index is 12.8. The summed E-state index contributed by atoms with van der Waals surface area (Å²) < 4.78 is 0. The van der Waals surface area contributed by atoms with Gasteiger partial charge in [0.1, 0.15) is 5.82 Å². The summed E-state index contributed by atoms with van der Waals surface area (Å²) in [5.41, 5.74) is 1.34. The van der Waals surface area contributed by atoms with Crippen molar-refractivity contribution in [3.05, 3.63) is 41.7 Å². The molecule has 7 heteroatoms. The van der Waals surface area contributed by atoms with Crippen LogP contribution in [0.5, 0.6) is 0 Å². The molecule has 0 aliphatic carbocycles. The molecule has 2 saturated heterocycles. The van der Waals surface area contributed by atoms with Gasteiger partial charge in [-0.3, -0.25) is 14.8 Å². The van der Waals surface area contributed by atoms with Crippen molar-refractivity contribution in [3.8, 4) is 0 Å². The molecule has 2 fully saturated rings. The molecular formula is C19H25N5OS. The summed E-state index contributed by atoms with van der Waals surface area (Å²) in [5.74, 6) is 1.90. The predicted octanol–water partition coefficient (Wildman–Crippen LogP) is 2.55. The van der Waals surface area contributed by atoms with Gasteiger partial charge in [0.05, 0.1) is 5.92 Å². The molecule has 3 atom stereocenters. The number of benzene rings is 1. The summed E-state index contributed by atoms with van der Waals surface area (Å²) >= 11 is 1.56. The summed E-state index contributed by atoms with van der Waals surface area (Å²) in [5, 5.41) is 10.8. The molecule has 0 spiro atoms. The Kier molecular flexibility index (Phi) is 5.26. The Bertz CT molecular complexity index is 749. The van der Waals surface area contributed by atoms with Crippen molar-refractivity contribution in [1.82, 2.24) is 25.4 Å². The van der Waals surface area contributed by atoms with Gasteiger partial charge in [0.15, 0.2) is 0 Å². The Balaban J connectivity index is 1.32. The maximum atomic E-state index is 12.8. The Morgan fingerprint density at radius 2 is 2.23 bits per heavy atom. The van der Waals surface area contributed by atoms with E-state index in [1.165, 1.54) is 12.0 Å². The molecule has 2 N–H and O–H groups in total. The van der Waals surface area contributed by atoms with Gasteiger partial charge in [0.2, 0.25) is 11.1 Å². The molecule has 0 bridgehead atoms. The number of hydrogen-bond donors (Lipinski definition) is 2. The number of nitrogens with one attached hydrogen (secondary N) is 2. The minimum Gasteiger partial charge on any atom is -0.355 e. The fourth-order valence-corrected chi connectivity index (χ4v) is 4.98. The van der Waals surface area contributed by atoms with Crippen molar-refractivity contribution in [2.75, 3.05) is 18.8 Å². The lowest BCUT2D eigenvalue weighted by Gasteiger charge is -2.24. The first-order valence-corrected chi connectivity index (χ1v) is 10.3. The van der Waals surface area contributed by atoms with E-state index in [-0.39, 0.29) is 11.8 Å². The molecule has 1 aromatic heterocycles. The van der Waals surface area contributed by atoms with Crippen LogP contribution in [0.25, 0.3) is 0 Å². The number of rotatable bonds is 6. The van der Waals surface area contributed by atoms with E-state index in [2.05, 4.69) is 55.7 Å². The molecule has 2 aromatic rings. The quantitative estimate of drug-likeness (QED) is 0.603. The van der Waals surface area contributed by atoms with Gasteiger partial charge < -0.3 is 5.32 Å². The van der Waals surface area contributed by atoms with E-state index in [1.54, 1.807) is 11.8 Å². The normalized spacial score (nSPS) is 25.3. The molecule has 2 unspecified atom stereocenters. The number of aromatic nitrogens is 3. The number of carbonyl (C=O) groups is 1. The fraction of sp³-hybridized carbons (Fsp3) is 0.526. The van der Waals surface area contributed by atoms with Gasteiger partial charge in [-0.2, -0.15) is 0 Å². The number of aromatic amines is 1. The number of amides is 1. The summed E-state index contributed by atoms with van der Waals surface area (Å²) in [6, 6.07) is 11.4. The Morgan fingerprint density at radius 1 is 1.38 bits per heavy atom. The summed E-state index contributed by atoms with van der Waals surface area (Å²) in [7, 11) is 0. The highest BCUT2D eigenvalue weighted by atomic mass is 32.2. The second kappa shape index (κ2) is 7.80. The summed E-state index contributed by atoms with van der Waals surface area (Å²) in [4.78, 5) is 19.6. The van der Waals surface area contributed by atoms with E-state index in [0.29, 0.717) is 18.6 Å².